The smallest absolute Gasteiger partial charge is 0.0652 e. The molecule has 17 heavy (non-hydrogen) atoms. The average molecular weight is 222 g/mol. The third-order valence-corrected chi connectivity index (χ3v) is 2.29. The second-order valence-corrected chi connectivity index (χ2v) is 3.48. The number of benzene rings is 2. The summed E-state index contributed by atoms with van der Waals surface area (Å²) in [5, 5.41) is 6.25. The number of hydrogen-bond donors (Lipinski definition) is 0. The lowest BCUT2D eigenvalue weighted by atomic mass is 10.2. The van der Waals surface area contributed by atoms with Gasteiger partial charge >= 0.3 is 0 Å². The number of anilines is 2. The molecule has 0 atom stereocenters. The highest BCUT2D eigenvalue weighted by molar-refractivity contribution is 5.74. The molecule has 0 fully saturated rings. The summed E-state index contributed by atoms with van der Waals surface area (Å²) >= 11 is 0. The number of para-hydroxylation sites is 2. The van der Waals surface area contributed by atoms with Crippen molar-refractivity contribution in [2.24, 2.45) is 5.10 Å². The molecule has 84 valence electrons. The molecule has 0 saturated heterocycles. The van der Waals surface area contributed by atoms with Gasteiger partial charge in [-0.05, 0) is 30.3 Å². The molecule has 0 amide bonds. The van der Waals surface area contributed by atoms with Crippen LogP contribution in [0.1, 0.15) is 0 Å². The van der Waals surface area contributed by atoms with E-state index in [9.17, 15) is 0 Å². The fourth-order valence-corrected chi connectivity index (χ4v) is 1.53. The van der Waals surface area contributed by atoms with Crippen LogP contribution in [-0.2, 0) is 0 Å². The fourth-order valence-electron chi connectivity index (χ4n) is 1.53. The van der Waals surface area contributed by atoms with E-state index >= 15 is 0 Å². The highest BCUT2D eigenvalue weighted by atomic mass is 15.5. The maximum absolute atomic E-state index is 4.37. The molecular formula is C15H14N2. The first-order valence-corrected chi connectivity index (χ1v) is 5.47. The van der Waals surface area contributed by atoms with Gasteiger partial charge in [-0.2, -0.15) is 5.10 Å². The molecule has 0 unspecified atom stereocenters. The van der Waals surface area contributed by atoms with Gasteiger partial charge in [0.15, 0.2) is 0 Å². The van der Waals surface area contributed by atoms with Gasteiger partial charge in [0, 0.05) is 6.21 Å². The summed E-state index contributed by atoms with van der Waals surface area (Å²) in [6.45, 7) is 3.64. The summed E-state index contributed by atoms with van der Waals surface area (Å²) in [6, 6.07) is 20.0. The van der Waals surface area contributed by atoms with E-state index in [0.29, 0.717) is 0 Å². The van der Waals surface area contributed by atoms with E-state index in [4.69, 9.17) is 0 Å². The Morgan fingerprint density at radius 1 is 0.824 bits per heavy atom. The van der Waals surface area contributed by atoms with Crippen LogP contribution in [0.25, 0.3) is 0 Å². The minimum Gasteiger partial charge on any atom is -0.234 e. The van der Waals surface area contributed by atoms with Crippen LogP contribution in [0, 0.1) is 0 Å². The van der Waals surface area contributed by atoms with E-state index in [2.05, 4.69) is 11.7 Å². The van der Waals surface area contributed by atoms with Crippen LogP contribution < -0.4 is 5.01 Å². The molecule has 0 aromatic heterocycles. The van der Waals surface area contributed by atoms with Crippen molar-refractivity contribution < 1.29 is 0 Å². The summed E-state index contributed by atoms with van der Waals surface area (Å²) < 4.78 is 0. The maximum Gasteiger partial charge on any atom is 0.0652 e. The maximum atomic E-state index is 4.37. The first-order valence-electron chi connectivity index (χ1n) is 5.47. The van der Waals surface area contributed by atoms with Crippen molar-refractivity contribution in [1.82, 2.24) is 0 Å². The van der Waals surface area contributed by atoms with Gasteiger partial charge in [0.25, 0.3) is 0 Å². The van der Waals surface area contributed by atoms with Gasteiger partial charge in [-0.1, -0.05) is 43.0 Å². The molecule has 0 N–H and O–H groups in total. The molecule has 0 aliphatic rings. The van der Waals surface area contributed by atoms with Crippen molar-refractivity contribution >= 4 is 17.6 Å². The van der Waals surface area contributed by atoms with Gasteiger partial charge in [-0.15, -0.1) is 0 Å². The summed E-state index contributed by atoms with van der Waals surface area (Å²) in [5.41, 5.74) is 2.05. The van der Waals surface area contributed by atoms with Crippen LogP contribution >= 0.6 is 0 Å². The van der Waals surface area contributed by atoms with E-state index in [1.54, 1.807) is 12.3 Å². The fraction of sp³-hybridized carbons (Fsp3) is 0. The number of hydrogen-bond acceptors (Lipinski definition) is 2. The zero-order valence-electron chi connectivity index (χ0n) is 9.53. The monoisotopic (exact) mass is 222 g/mol. The summed E-state index contributed by atoms with van der Waals surface area (Å²) in [5.74, 6) is 0. The Kier molecular flexibility index (Phi) is 3.71. The van der Waals surface area contributed by atoms with E-state index < -0.39 is 0 Å². The number of allylic oxidation sites excluding steroid dienone is 1. The Balaban J connectivity index is 2.39. The van der Waals surface area contributed by atoms with E-state index in [0.717, 1.165) is 11.4 Å². The molecule has 0 saturated carbocycles. The minimum absolute atomic E-state index is 1.02. The number of hydrazone groups is 1. The standard InChI is InChI=1S/C15H14N2/c1-2-13-16-17(14-9-5-3-6-10-14)15-11-7-4-8-12-15/h2-13H,1H2. The topological polar surface area (TPSA) is 15.6 Å². The zero-order valence-corrected chi connectivity index (χ0v) is 9.53. The zero-order chi connectivity index (χ0) is 11.9. The SMILES string of the molecule is C=CC=NN(c1ccccc1)c1ccccc1. The highest BCUT2D eigenvalue weighted by Crippen LogP contribution is 2.24. The summed E-state index contributed by atoms with van der Waals surface area (Å²) in [7, 11) is 0. The van der Waals surface area contributed by atoms with Crippen molar-refractivity contribution in [1.29, 1.82) is 0 Å². The van der Waals surface area contributed by atoms with Crippen LogP contribution in [0.2, 0.25) is 0 Å². The first kappa shape index (κ1) is 11.1. The first-order chi connectivity index (χ1) is 8.42. The Hall–Kier alpha value is -2.35. The normalized spacial score (nSPS) is 10.4. The number of rotatable bonds is 4. The van der Waals surface area contributed by atoms with Gasteiger partial charge in [0.1, 0.15) is 0 Å². The second-order valence-electron chi connectivity index (χ2n) is 3.48. The molecule has 0 heterocycles. The molecule has 0 radical (unpaired) electrons. The molecule has 0 bridgehead atoms. The van der Waals surface area contributed by atoms with Gasteiger partial charge in [-0.3, -0.25) is 0 Å². The minimum atomic E-state index is 1.02. The largest absolute Gasteiger partial charge is 0.234 e. The molecule has 0 aliphatic carbocycles. The van der Waals surface area contributed by atoms with Crippen LogP contribution in [0.5, 0.6) is 0 Å². The molecule has 2 aromatic rings. The average Bonchev–Trinajstić information content (AvgIpc) is 2.42. The van der Waals surface area contributed by atoms with Crippen LogP contribution in [-0.4, -0.2) is 6.21 Å². The van der Waals surface area contributed by atoms with E-state index in [-0.39, 0.29) is 0 Å². The second kappa shape index (κ2) is 5.66. The van der Waals surface area contributed by atoms with Gasteiger partial charge in [0.05, 0.1) is 11.4 Å². The van der Waals surface area contributed by atoms with E-state index in [1.807, 2.05) is 65.7 Å². The van der Waals surface area contributed by atoms with Crippen molar-refractivity contribution in [3.8, 4) is 0 Å². The molecule has 0 spiro atoms. The highest BCUT2D eigenvalue weighted by Gasteiger charge is 2.05. The lowest BCUT2D eigenvalue weighted by Crippen LogP contribution is -2.08. The van der Waals surface area contributed by atoms with Crippen LogP contribution in [0.3, 0.4) is 0 Å². The predicted octanol–water partition coefficient (Wildman–Crippen LogP) is 4.00. The number of nitrogens with zero attached hydrogens (tertiary/aromatic N) is 2. The van der Waals surface area contributed by atoms with Crippen molar-refractivity contribution in [3.05, 3.63) is 73.3 Å². The quantitative estimate of drug-likeness (QED) is 0.564. The Bertz CT molecular complexity index is 449. The van der Waals surface area contributed by atoms with E-state index in [1.165, 1.54) is 0 Å². The van der Waals surface area contributed by atoms with Crippen molar-refractivity contribution in [2.45, 2.75) is 0 Å². The van der Waals surface area contributed by atoms with Gasteiger partial charge in [0.2, 0.25) is 0 Å². The van der Waals surface area contributed by atoms with Crippen molar-refractivity contribution in [3.63, 3.8) is 0 Å². The summed E-state index contributed by atoms with van der Waals surface area (Å²) in [4.78, 5) is 0. The lowest BCUT2D eigenvalue weighted by molar-refractivity contribution is 1.09. The predicted molar refractivity (Wildman–Crippen MR) is 73.7 cm³/mol. The Morgan fingerprint density at radius 3 is 1.71 bits per heavy atom. The Morgan fingerprint density at radius 2 is 1.29 bits per heavy atom. The molecule has 2 heteroatoms. The third kappa shape index (κ3) is 2.82. The van der Waals surface area contributed by atoms with Gasteiger partial charge in [-0.25, -0.2) is 5.01 Å². The summed E-state index contributed by atoms with van der Waals surface area (Å²) in [6.07, 6.45) is 3.35. The van der Waals surface area contributed by atoms with Crippen LogP contribution in [0.15, 0.2) is 78.4 Å². The molecular weight excluding hydrogens is 208 g/mol. The molecule has 2 aromatic carbocycles. The lowest BCUT2D eigenvalue weighted by Gasteiger charge is -2.18. The van der Waals surface area contributed by atoms with Crippen molar-refractivity contribution in [2.75, 3.05) is 5.01 Å². The van der Waals surface area contributed by atoms with Gasteiger partial charge < -0.3 is 0 Å². The molecule has 2 nitrogen and oxygen atoms in total. The Labute approximate surface area is 102 Å². The third-order valence-electron chi connectivity index (χ3n) is 2.29. The van der Waals surface area contributed by atoms with Crippen LogP contribution in [0.4, 0.5) is 11.4 Å². The molecule has 2 rings (SSSR count). The molecule has 0 aliphatic heterocycles.